The molecule has 0 aliphatic carbocycles. The maximum absolute atomic E-state index is 12.4. The molecular formula is C14H23NO3. The first-order chi connectivity index (χ1) is 8.74. The molecule has 0 bridgehead atoms. The number of carbonyl (C=O) groups is 1. The van der Waals surface area contributed by atoms with E-state index in [4.69, 9.17) is 9.47 Å². The Morgan fingerprint density at radius 1 is 1.22 bits per heavy atom. The van der Waals surface area contributed by atoms with Crippen molar-refractivity contribution in [2.45, 2.75) is 44.8 Å². The summed E-state index contributed by atoms with van der Waals surface area (Å²) in [6.07, 6.45) is 4.73. The predicted octanol–water partition coefficient (Wildman–Crippen LogP) is 1.44. The number of carbonyl (C=O) groups excluding carboxylic acids is 1. The van der Waals surface area contributed by atoms with Gasteiger partial charge >= 0.3 is 0 Å². The molecule has 3 aliphatic rings. The molecule has 4 nitrogen and oxygen atoms in total. The van der Waals surface area contributed by atoms with Gasteiger partial charge in [0, 0.05) is 32.2 Å². The number of likely N-dealkylation sites (tertiary alicyclic amines) is 1. The van der Waals surface area contributed by atoms with Gasteiger partial charge in [0.15, 0.2) is 0 Å². The van der Waals surface area contributed by atoms with E-state index < -0.39 is 0 Å². The topological polar surface area (TPSA) is 38.8 Å². The number of nitrogens with zero attached hydrogens (tertiary/aromatic N) is 1. The van der Waals surface area contributed by atoms with Crippen LogP contribution in [0.5, 0.6) is 0 Å². The minimum atomic E-state index is 0.189. The van der Waals surface area contributed by atoms with Gasteiger partial charge in [-0.15, -0.1) is 0 Å². The Bertz CT molecular complexity index is 314. The van der Waals surface area contributed by atoms with Crippen LogP contribution in [0.3, 0.4) is 0 Å². The van der Waals surface area contributed by atoms with E-state index in [1.165, 1.54) is 6.42 Å². The van der Waals surface area contributed by atoms with Crippen molar-refractivity contribution in [1.82, 2.24) is 4.90 Å². The van der Waals surface area contributed by atoms with Crippen LogP contribution in [0.25, 0.3) is 0 Å². The predicted molar refractivity (Wildman–Crippen MR) is 67.2 cm³/mol. The van der Waals surface area contributed by atoms with Gasteiger partial charge in [-0.05, 0) is 38.5 Å². The first-order valence-electron chi connectivity index (χ1n) is 7.26. The van der Waals surface area contributed by atoms with Crippen LogP contribution in [0.4, 0.5) is 0 Å². The van der Waals surface area contributed by atoms with Gasteiger partial charge in [-0.2, -0.15) is 0 Å². The molecule has 3 aliphatic heterocycles. The van der Waals surface area contributed by atoms with Gasteiger partial charge in [0.25, 0.3) is 0 Å². The number of ether oxygens (including phenoxy) is 2. The third kappa shape index (κ3) is 2.41. The quantitative estimate of drug-likeness (QED) is 0.710. The zero-order chi connectivity index (χ0) is 12.5. The number of piperidine rings is 1. The number of rotatable bonds is 1. The fourth-order valence-electron chi connectivity index (χ4n) is 3.57. The molecule has 0 unspecified atom stereocenters. The molecule has 0 N–H and O–H groups in total. The number of fused-ring (bicyclic) bond motifs is 1. The van der Waals surface area contributed by atoms with E-state index in [0.717, 1.165) is 45.6 Å². The molecule has 3 fully saturated rings. The lowest BCUT2D eigenvalue weighted by molar-refractivity contribution is -0.142. The van der Waals surface area contributed by atoms with Crippen LogP contribution in [-0.4, -0.2) is 49.3 Å². The summed E-state index contributed by atoms with van der Waals surface area (Å²) in [5.74, 6) is 1.20. The van der Waals surface area contributed by atoms with Gasteiger partial charge in [-0.1, -0.05) is 0 Å². The van der Waals surface area contributed by atoms with Crippen molar-refractivity contribution in [3.05, 3.63) is 0 Å². The average molecular weight is 253 g/mol. The first kappa shape index (κ1) is 12.4. The number of amides is 1. The summed E-state index contributed by atoms with van der Waals surface area (Å²) >= 11 is 0. The fraction of sp³-hybridized carbons (Fsp3) is 0.929. The van der Waals surface area contributed by atoms with Crippen molar-refractivity contribution < 1.29 is 14.3 Å². The molecule has 102 valence electrons. The van der Waals surface area contributed by atoms with E-state index in [1.54, 1.807) is 0 Å². The van der Waals surface area contributed by atoms with E-state index in [1.807, 2.05) is 4.90 Å². The van der Waals surface area contributed by atoms with Gasteiger partial charge < -0.3 is 14.4 Å². The summed E-state index contributed by atoms with van der Waals surface area (Å²) in [6, 6.07) is 0. The lowest BCUT2D eigenvalue weighted by Crippen LogP contribution is -2.48. The second-order valence-electron chi connectivity index (χ2n) is 5.94. The third-order valence-electron chi connectivity index (χ3n) is 4.62. The smallest absolute Gasteiger partial charge is 0.225 e. The molecule has 0 radical (unpaired) electrons. The maximum atomic E-state index is 12.4. The molecule has 18 heavy (non-hydrogen) atoms. The van der Waals surface area contributed by atoms with Crippen LogP contribution < -0.4 is 0 Å². The second-order valence-corrected chi connectivity index (χ2v) is 5.94. The van der Waals surface area contributed by atoms with Crippen molar-refractivity contribution >= 4 is 5.91 Å². The Labute approximate surface area is 109 Å². The van der Waals surface area contributed by atoms with Crippen LogP contribution in [0, 0.1) is 11.8 Å². The lowest BCUT2D eigenvalue weighted by Gasteiger charge is -2.36. The first-order valence-corrected chi connectivity index (χ1v) is 7.26. The summed E-state index contributed by atoms with van der Waals surface area (Å²) in [7, 11) is 0. The van der Waals surface area contributed by atoms with Gasteiger partial charge in [0.2, 0.25) is 5.91 Å². The Balaban J connectivity index is 1.58. The molecule has 3 atom stereocenters. The summed E-state index contributed by atoms with van der Waals surface area (Å²) in [5.41, 5.74) is 0. The summed E-state index contributed by atoms with van der Waals surface area (Å²) in [5, 5.41) is 0. The van der Waals surface area contributed by atoms with Gasteiger partial charge in [-0.3, -0.25) is 4.79 Å². The van der Waals surface area contributed by atoms with Gasteiger partial charge in [-0.25, -0.2) is 0 Å². The highest BCUT2D eigenvalue weighted by molar-refractivity contribution is 5.79. The van der Waals surface area contributed by atoms with Crippen LogP contribution in [0.15, 0.2) is 0 Å². The average Bonchev–Trinajstić information content (AvgIpc) is 2.78. The minimum absolute atomic E-state index is 0.189. The van der Waals surface area contributed by atoms with Crippen LogP contribution >= 0.6 is 0 Å². The number of hydrogen-bond donors (Lipinski definition) is 0. The molecule has 3 rings (SSSR count). The van der Waals surface area contributed by atoms with E-state index in [0.29, 0.717) is 17.9 Å². The Morgan fingerprint density at radius 2 is 2.00 bits per heavy atom. The van der Waals surface area contributed by atoms with E-state index >= 15 is 0 Å². The molecule has 0 aromatic heterocycles. The van der Waals surface area contributed by atoms with Crippen molar-refractivity contribution in [2.75, 3.05) is 26.3 Å². The molecule has 4 heteroatoms. The molecular weight excluding hydrogens is 230 g/mol. The lowest BCUT2D eigenvalue weighted by atomic mass is 9.90. The van der Waals surface area contributed by atoms with E-state index in [-0.39, 0.29) is 12.0 Å². The van der Waals surface area contributed by atoms with Gasteiger partial charge in [0.1, 0.15) is 0 Å². The molecule has 0 aromatic rings. The highest BCUT2D eigenvalue weighted by Crippen LogP contribution is 2.33. The zero-order valence-corrected chi connectivity index (χ0v) is 11.1. The summed E-state index contributed by atoms with van der Waals surface area (Å²) in [6.45, 7) is 5.36. The van der Waals surface area contributed by atoms with E-state index in [2.05, 4.69) is 6.92 Å². The highest BCUT2D eigenvalue weighted by Gasteiger charge is 2.39. The molecule has 0 aromatic carbocycles. The van der Waals surface area contributed by atoms with Crippen LogP contribution in [0.2, 0.25) is 0 Å². The Hall–Kier alpha value is -0.610. The molecule has 0 saturated carbocycles. The number of hydrogen-bond acceptors (Lipinski definition) is 3. The largest absolute Gasteiger partial charge is 0.381 e. The molecule has 1 amide bonds. The van der Waals surface area contributed by atoms with Crippen molar-refractivity contribution in [1.29, 1.82) is 0 Å². The third-order valence-corrected chi connectivity index (χ3v) is 4.62. The molecule has 0 spiro atoms. The van der Waals surface area contributed by atoms with Gasteiger partial charge in [0.05, 0.1) is 12.2 Å². The fourth-order valence-corrected chi connectivity index (χ4v) is 3.57. The summed E-state index contributed by atoms with van der Waals surface area (Å²) < 4.78 is 11.2. The Morgan fingerprint density at radius 3 is 2.78 bits per heavy atom. The molecule has 3 saturated heterocycles. The SMILES string of the molecule is C[C@@H]1C[C@H]2CCN(C(=O)C3CCOCC3)C[C@@H]2O1. The second kappa shape index (κ2) is 5.17. The van der Waals surface area contributed by atoms with E-state index in [9.17, 15) is 4.79 Å². The van der Waals surface area contributed by atoms with Crippen molar-refractivity contribution in [3.8, 4) is 0 Å². The monoisotopic (exact) mass is 253 g/mol. The zero-order valence-electron chi connectivity index (χ0n) is 11.1. The standard InChI is InChI=1S/C14H23NO3/c1-10-8-12-2-5-15(9-13(12)18-10)14(16)11-3-6-17-7-4-11/h10-13H,2-9H2,1H3/t10-,12-,13+/m1/s1. The van der Waals surface area contributed by atoms with Crippen LogP contribution in [-0.2, 0) is 14.3 Å². The summed E-state index contributed by atoms with van der Waals surface area (Å²) in [4.78, 5) is 14.5. The van der Waals surface area contributed by atoms with Crippen LogP contribution in [0.1, 0.15) is 32.6 Å². The minimum Gasteiger partial charge on any atom is -0.381 e. The maximum Gasteiger partial charge on any atom is 0.225 e. The van der Waals surface area contributed by atoms with Crippen molar-refractivity contribution in [2.24, 2.45) is 11.8 Å². The normalized spacial score (nSPS) is 37.6. The highest BCUT2D eigenvalue weighted by atomic mass is 16.5. The molecule has 3 heterocycles. The Kier molecular flexibility index (Phi) is 3.57. The van der Waals surface area contributed by atoms with Crippen molar-refractivity contribution in [3.63, 3.8) is 0 Å².